The Kier molecular flexibility index (Phi) is 6.39. The molecular weight excluding hydrogens is 358 g/mol. The zero-order valence-electron chi connectivity index (χ0n) is 15.1. The second-order valence-electron chi connectivity index (χ2n) is 6.19. The number of esters is 1. The lowest BCUT2D eigenvalue weighted by molar-refractivity contribution is -0.148. The highest BCUT2D eigenvalue weighted by molar-refractivity contribution is 7.10. The number of aryl methyl sites for hydroxylation is 1. The van der Waals surface area contributed by atoms with E-state index in [4.69, 9.17) is 4.74 Å². The summed E-state index contributed by atoms with van der Waals surface area (Å²) in [5.41, 5.74) is 2.92. The molecule has 1 aromatic heterocycles. The van der Waals surface area contributed by atoms with Crippen LogP contribution in [-0.4, -0.2) is 18.5 Å². The van der Waals surface area contributed by atoms with Crippen LogP contribution in [0.15, 0.2) is 72.1 Å². The summed E-state index contributed by atoms with van der Waals surface area (Å²) in [6.45, 7) is 1.65. The number of benzene rings is 2. The number of hydrogen-bond donors (Lipinski definition) is 1. The lowest BCUT2D eigenvalue weighted by atomic mass is 10.1. The molecular formula is C22H21NO3S. The van der Waals surface area contributed by atoms with Crippen LogP contribution >= 0.6 is 11.3 Å². The minimum absolute atomic E-state index is 0.160. The van der Waals surface area contributed by atoms with Gasteiger partial charge >= 0.3 is 5.97 Å². The molecule has 0 aliphatic carbocycles. The summed E-state index contributed by atoms with van der Waals surface area (Å²) in [5.74, 6) is -0.734. The van der Waals surface area contributed by atoms with Gasteiger partial charge in [-0.3, -0.25) is 9.59 Å². The van der Waals surface area contributed by atoms with Crippen molar-refractivity contribution in [3.05, 3.63) is 93.7 Å². The molecule has 0 saturated carbocycles. The summed E-state index contributed by atoms with van der Waals surface area (Å²) in [5, 5.41) is 4.93. The number of rotatable bonds is 7. The normalized spacial score (nSPS) is 11.6. The van der Waals surface area contributed by atoms with E-state index in [2.05, 4.69) is 5.32 Å². The van der Waals surface area contributed by atoms with Crippen LogP contribution < -0.4 is 5.32 Å². The van der Waals surface area contributed by atoms with E-state index >= 15 is 0 Å². The third kappa shape index (κ3) is 5.28. The minimum Gasteiger partial charge on any atom is -0.455 e. The van der Waals surface area contributed by atoms with Crippen LogP contribution in [0.4, 0.5) is 0 Å². The summed E-state index contributed by atoms with van der Waals surface area (Å²) in [6, 6.07) is 21.0. The zero-order valence-corrected chi connectivity index (χ0v) is 15.9. The number of ether oxygens (including phenoxy) is 1. The first-order valence-electron chi connectivity index (χ1n) is 8.71. The van der Waals surface area contributed by atoms with Gasteiger partial charge in [0.1, 0.15) is 0 Å². The molecule has 4 nitrogen and oxygen atoms in total. The van der Waals surface area contributed by atoms with Gasteiger partial charge in [0.25, 0.3) is 5.91 Å². The first-order chi connectivity index (χ1) is 13.1. The fourth-order valence-electron chi connectivity index (χ4n) is 2.78. The van der Waals surface area contributed by atoms with Crippen LogP contribution in [0.5, 0.6) is 0 Å². The fourth-order valence-corrected chi connectivity index (χ4v) is 3.59. The van der Waals surface area contributed by atoms with Crippen molar-refractivity contribution in [2.45, 2.75) is 19.4 Å². The van der Waals surface area contributed by atoms with Crippen LogP contribution in [0.2, 0.25) is 0 Å². The molecule has 3 aromatic rings. The monoisotopic (exact) mass is 379 g/mol. The van der Waals surface area contributed by atoms with E-state index in [0.717, 1.165) is 21.6 Å². The third-order valence-corrected chi connectivity index (χ3v) is 5.16. The lowest BCUT2D eigenvalue weighted by Crippen LogP contribution is -2.33. The van der Waals surface area contributed by atoms with Crippen LogP contribution in [-0.2, 0) is 20.7 Å². The summed E-state index contributed by atoms with van der Waals surface area (Å²) in [6.07, 6.45) is 0.160. The van der Waals surface area contributed by atoms with Crippen molar-refractivity contribution in [1.29, 1.82) is 0 Å². The summed E-state index contributed by atoms with van der Waals surface area (Å²) >= 11 is 1.57. The number of hydrogen-bond acceptors (Lipinski definition) is 4. The Morgan fingerprint density at radius 1 is 1.00 bits per heavy atom. The summed E-state index contributed by atoms with van der Waals surface area (Å²) in [7, 11) is 0. The molecule has 0 spiro atoms. The number of carbonyl (C=O) groups is 2. The van der Waals surface area contributed by atoms with Crippen molar-refractivity contribution in [1.82, 2.24) is 5.32 Å². The molecule has 1 N–H and O–H groups in total. The van der Waals surface area contributed by atoms with Gasteiger partial charge < -0.3 is 10.1 Å². The van der Waals surface area contributed by atoms with Gasteiger partial charge in [0, 0.05) is 4.88 Å². The van der Waals surface area contributed by atoms with Crippen LogP contribution in [0.25, 0.3) is 0 Å². The molecule has 27 heavy (non-hydrogen) atoms. The van der Waals surface area contributed by atoms with Gasteiger partial charge in [-0.1, -0.05) is 60.7 Å². The Labute approximate surface area is 162 Å². The number of nitrogens with one attached hydrogen (secondary N) is 1. The molecule has 1 atom stereocenters. The van der Waals surface area contributed by atoms with Gasteiger partial charge in [-0.2, -0.15) is 0 Å². The Balaban J connectivity index is 1.58. The van der Waals surface area contributed by atoms with Crippen LogP contribution in [0.3, 0.4) is 0 Å². The smallest absolute Gasteiger partial charge is 0.310 e. The number of carbonyl (C=O) groups excluding carboxylic acids is 2. The molecule has 0 unspecified atom stereocenters. The maximum absolute atomic E-state index is 12.4. The van der Waals surface area contributed by atoms with Gasteiger partial charge in [-0.25, -0.2) is 0 Å². The molecule has 0 aliphatic rings. The average Bonchev–Trinajstić information content (AvgIpc) is 3.21. The molecule has 1 heterocycles. The second-order valence-corrected chi connectivity index (χ2v) is 7.17. The summed E-state index contributed by atoms with van der Waals surface area (Å²) < 4.78 is 5.17. The Morgan fingerprint density at radius 3 is 2.44 bits per heavy atom. The molecule has 0 saturated heterocycles. The predicted molar refractivity (Wildman–Crippen MR) is 107 cm³/mol. The average molecular weight is 379 g/mol. The first-order valence-corrected chi connectivity index (χ1v) is 9.59. The highest BCUT2D eigenvalue weighted by Gasteiger charge is 2.18. The highest BCUT2D eigenvalue weighted by Crippen LogP contribution is 2.25. The van der Waals surface area contributed by atoms with Crippen molar-refractivity contribution >= 4 is 23.2 Å². The SMILES string of the molecule is Cc1ccccc1CC(=O)OCC(=O)N[C@H](c1ccccc1)c1cccs1. The molecule has 0 fully saturated rings. The molecule has 3 rings (SSSR count). The van der Waals surface area contributed by atoms with E-state index in [-0.39, 0.29) is 25.0 Å². The standard InChI is InChI=1S/C22H21NO3S/c1-16-8-5-6-11-18(16)14-21(25)26-15-20(24)23-22(19-12-7-13-27-19)17-9-3-2-4-10-17/h2-13,22H,14-15H2,1H3,(H,23,24)/t22-/m1/s1. The molecule has 5 heteroatoms. The van der Waals surface area contributed by atoms with Crippen LogP contribution in [0, 0.1) is 6.92 Å². The Hall–Kier alpha value is -2.92. The third-order valence-electron chi connectivity index (χ3n) is 4.23. The van der Waals surface area contributed by atoms with Crippen LogP contribution in [0.1, 0.15) is 27.6 Å². The van der Waals surface area contributed by atoms with E-state index in [0.29, 0.717) is 0 Å². The van der Waals surface area contributed by atoms with Crippen molar-refractivity contribution in [3.8, 4) is 0 Å². The molecule has 2 aromatic carbocycles. The summed E-state index contributed by atoms with van der Waals surface area (Å²) in [4.78, 5) is 25.4. The molecule has 138 valence electrons. The van der Waals surface area contributed by atoms with E-state index in [1.807, 2.05) is 79.0 Å². The van der Waals surface area contributed by atoms with Gasteiger partial charge in [0.2, 0.25) is 0 Å². The van der Waals surface area contributed by atoms with Gasteiger partial charge in [0.05, 0.1) is 12.5 Å². The quantitative estimate of drug-likeness (QED) is 0.630. The topological polar surface area (TPSA) is 55.4 Å². The fraction of sp³-hybridized carbons (Fsp3) is 0.182. The molecule has 0 radical (unpaired) electrons. The molecule has 0 bridgehead atoms. The van der Waals surface area contributed by atoms with Crippen molar-refractivity contribution in [3.63, 3.8) is 0 Å². The lowest BCUT2D eigenvalue weighted by Gasteiger charge is -2.18. The zero-order chi connectivity index (χ0) is 19.1. The van der Waals surface area contributed by atoms with Gasteiger partial charge in [-0.15, -0.1) is 11.3 Å². The van der Waals surface area contributed by atoms with E-state index < -0.39 is 5.97 Å². The van der Waals surface area contributed by atoms with E-state index in [9.17, 15) is 9.59 Å². The first kappa shape index (κ1) is 18.9. The largest absolute Gasteiger partial charge is 0.455 e. The highest BCUT2D eigenvalue weighted by atomic mass is 32.1. The Morgan fingerprint density at radius 2 is 1.74 bits per heavy atom. The van der Waals surface area contributed by atoms with Gasteiger partial charge in [0.15, 0.2) is 6.61 Å². The van der Waals surface area contributed by atoms with E-state index in [1.165, 1.54) is 0 Å². The van der Waals surface area contributed by atoms with Gasteiger partial charge in [-0.05, 0) is 35.1 Å². The minimum atomic E-state index is -0.410. The molecule has 1 amide bonds. The van der Waals surface area contributed by atoms with Crippen molar-refractivity contribution < 1.29 is 14.3 Å². The van der Waals surface area contributed by atoms with Crippen molar-refractivity contribution in [2.24, 2.45) is 0 Å². The molecule has 0 aliphatic heterocycles. The Bertz CT molecular complexity index is 891. The maximum atomic E-state index is 12.4. The van der Waals surface area contributed by atoms with Crippen molar-refractivity contribution in [2.75, 3.05) is 6.61 Å². The second kappa shape index (κ2) is 9.14. The number of amides is 1. The number of thiophene rings is 1. The van der Waals surface area contributed by atoms with E-state index in [1.54, 1.807) is 11.3 Å². The predicted octanol–water partition coefficient (Wildman–Crippen LogP) is 4.05. The maximum Gasteiger partial charge on any atom is 0.310 e.